The van der Waals surface area contributed by atoms with Crippen molar-refractivity contribution in [1.82, 2.24) is 5.32 Å². The minimum atomic E-state index is 0.458. The molecule has 0 bridgehead atoms. The van der Waals surface area contributed by atoms with E-state index >= 15 is 0 Å². The highest BCUT2D eigenvalue weighted by Crippen LogP contribution is 2.22. The number of hydrogen-bond donors (Lipinski definition) is 2. The van der Waals surface area contributed by atoms with Gasteiger partial charge in [0.1, 0.15) is 0 Å². The molecule has 0 aromatic heterocycles. The molecule has 1 saturated carbocycles. The summed E-state index contributed by atoms with van der Waals surface area (Å²) in [6.45, 7) is 6.60. The number of hydrogen-bond acceptors (Lipinski definition) is 2. The summed E-state index contributed by atoms with van der Waals surface area (Å²) >= 11 is 0. The summed E-state index contributed by atoms with van der Waals surface area (Å²) in [5.74, 6) is 1.45. The van der Waals surface area contributed by atoms with Crippen molar-refractivity contribution in [2.24, 2.45) is 11.7 Å². The molecule has 0 heterocycles. The fourth-order valence-corrected chi connectivity index (χ4v) is 2.83. The normalized spacial score (nSPS) is 23.8. The van der Waals surface area contributed by atoms with E-state index in [1.54, 1.807) is 0 Å². The van der Waals surface area contributed by atoms with Crippen LogP contribution in [0.4, 0.5) is 0 Å². The van der Waals surface area contributed by atoms with Crippen LogP contribution in [0, 0.1) is 5.92 Å². The van der Waals surface area contributed by atoms with Crippen LogP contribution in [0.1, 0.15) is 56.6 Å². The van der Waals surface area contributed by atoms with E-state index in [2.05, 4.69) is 43.4 Å². The Hall–Kier alpha value is -0.860. The average Bonchev–Trinajstić information content (AvgIpc) is 2.41. The lowest BCUT2D eigenvalue weighted by atomic mass is 9.86. The summed E-state index contributed by atoms with van der Waals surface area (Å²) in [6, 6.07) is 9.46. The fourth-order valence-electron chi connectivity index (χ4n) is 2.83. The van der Waals surface area contributed by atoms with Crippen molar-refractivity contribution in [3.8, 4) is 0 Å². The lowest BCUT2D eigenvalue weighted by molar-refractivity contribution is 0.314. The lowest BCUT2D eigenvalue weighted by Gasteiger charge is -2.26. The van der Waals surface area contributed by atoms with Crippen LogP contribution < -0.4 is 11.1 Å². The quantitative estimate of drug-likeness (QED) is 0.851. The predicted molar refractivity (Wildman–Crippen MR) is 82.2 cm³/mol. The van der Waals surface area contributed by atoms with Gasteiger partial charge in [0.2, 0.25) is 0 Å². The molecule has 0 radical (unpaired) electrons. The highest BCUT2D eigenvalue weighted by atomic mass is 14.9. The van der Waals surface area contributed by atoms with Crippen molar-refractivity contribution in [1.29, 1.82) is 0 Å². The summed E-state index contributed by atoms with van der Waals surface area (Å²) in [4.78, 5) is 0. The molecule has 2 rings (SSSR count). The molecule has 2 heteroatoms. The minimum Gasteiger partial charge on any atom is -0.328 e. The van der Waals surface area contributed by atoms with E-state index in [9.17, 15) is 0 Å². The lowest BCUT2D eigenvalue weighted by Crippen LogP contribution is -2.31. The van der Waals surface area contributed by atoms with Gasteiger partial charge in [-0.1, -0.05) is 38.1 Å². The molecule has 1 aromatic carbocycles. The van der Waals surface area contributed by atoms with Crippen LogP contribution >= 0.6 is 0 Å². The van der Waals surface area contributed by atoms with E-state index < -0.39 is 0 Å². The number of benzene rings is 1. The van der Waals surface area contributed by atoms with Crippen LogP contribution in [0.25, 0.3) is 0 Å². The van der Waals surface area contributed by atoms with Gasteiger partial charge in [-0.25, -0.2) is 0 Å². The monoisotopic (exact) mass is 260 g/mol. The van der Waals surface area contributed by atoms with Crippen LogP contribution in [0.5, 0.6) is 0 Å². The average molecular weight is 260 g/mol. The Balaban J connectivity index is 1.70. The van der Waals surface area contributed by atoms with Crippen LogP contribution in [-0.2, 0) is 6.54 Å². The van der Waals surface area contributed by atoms with E-state index in [0.29, 0.717) is 12.0 Å². The molecule has 0 spiro atoms. The molecule has 1 aliphatic rings. The molecule has 0 saturated heterocycles. The first-order valence-electron chi connectivity index (χ1n) is 7.70. The second-order valence-electron chi connectivity index (χ2n) is 6.31. The van der Waals surface area contributed by atoms with E-state index in [1.807, 2.05) is 0 Å². The van der Waals surface area contributed by atoms with E-state index in [-0.39, 0.29) is 0 Å². The summed E-state index contributed by atoms with van der Waals surface area (Å²) < 4.78 is 0. The SMILES string of the molecule is CC(C)c1ccc(CNCC2CCC(N)CC2)cc1. The Kier molecular flexibility index (Phi) is 5.41. The van der Waals surface area contributed by atoms with Crippen LogP contribution in [0.15, 0.2) is 24.3 Å². The zero-order chi connectivity index (χ0) is 13.7. The van der Waals surface area contributed by atoms with Gasteiger partial charge in [0.25, 0.3) is 0 Å². The topological polar surface area (TPSA) is 38.0 Å². The van der Waals surface area contributed by atoms with Crippen molar-refractivity contribution in [2.45, 2.75) is 58.0 Å². The van der Waals surface area contributed by atoms with Crippen molar-refractivity contribution in [2.75, 3.05) is 6.54 Å². The number of nitrogens with one attached hydrogen (secondary N) is 1. The van der Waals surface area contributed by atoms with E-state index in [0.717, 1.165) is 19.0 Å². The Morgan fingerprint density at radius 2 is 1.74 bits per heavy atom. The first-order valence-corrected chi connectivity index (χ1v) is 7.70. The first-order chi connectivity index (χ1) is 9.15. The highest BCUT2D eigenvalue weighted by molar-refractivity contribution is 5.24. The van der Waals surface area contributed by atoms with Crippen molar-refractivity contribution in [3.05, 3.63) is 35.4 Å². The minimum absolute atomic E-state index is 0.458. The maximum absolute atomic E-state index is 5.93. The second-order valence-corrected chi connectivity index (χ2v) is 6.31. The van der Waals surface area contributed by atoms with Gasteiger partial charge >= 0.3 is 0 Å². The van der Waals surface area contributed by atoms with Crippen molar-refractivity contribution >= 4 is 0 Å². The number of nitrogens with two attached hydrogens (primary N) is 1. The molecule has 2 nitrogen and oxygen atoms in total. The van der Waals surface area contributed by atoms with Crippen LogP contribution in [0.3, 0.4) is 0 Å². The van der Waals surface area contributed by atoms with E-state index in [4.69, 9.17) is 5.73 Å². The molecule has 19 heavy (non-hydrogen) atoms. The van der Waals surface area contributed by atoms with E-state index in [1.165, 1.54) is 36.8 Å². The highest BCUT2D eigenvalue weighted by Gasteiger charge is 2.17. The Labute approximate surface area is 117 Å². The Morgan fingerprint density at radius 3 is 2.32 bits per heavy atom. The van der Waals surface area contributed by atoms with Gasteiger partial charge in [-0.3, -0.25) is 0 Å². The maximum atomic E-state index is 5.93. The molecule has 0 atom stereocenters. The van der Waals surface area contributed by atoms with Gasteiger partial charge < -0.3 is 11.1 Å². The third-order valence-corrected chi connectivity index (χ3v) is 4.30. The van der Waals surface area contributed by atoms with Crippen molar-refractivity contribution < 1.29 is 0 Å². The molecule has 1 aliphatic carbocycles. The second kappa shape index (κ2) is 7.06. The molecule has 1 fully saturated rings. The third-order valence-electron chi connectivity index (χ3n) is 4.30. The molecule has 1 aromatic rings. The van der Waals surface area contributed by atoms with Crippen LogP contribution in [-0.4, -0.2) is 12.6 Å². The number of rotatable bonds is 5. The Morgan fingerprint density at radius 1 is 1.11 bits per heavy atom. The fraction of sp³-hybridized carbons (Fsp3) is 0.647. The molecular weight excluding hydrogens is 232 g/mol. The van der Waals surface area contributed by atoms with Gasteiger partial charge in [0.05, 0.1) is 0 Å². The molecule has 0 unspecified atom stereocenters. The molecule has 0 aliphatic heterocycles. The van der Waals surface area contributed by atoms with Gasteiger partial charge in [0.15, 0.2) is 0 Å². The molecule has 3 N–H and O–H groups in total. The first kappa shape index (κ1) is 14.5. The van der Waals surface area contributed by atoms with Gasteiger partial charge in [-0.2, -0.15) is 0 Å². The van der Waals surface area contributed by atoms with Crippen molar-refractivity contribution in [3.63, 3.8) is 0 Å². The smallest absolute Gasteiger partial charge is 0.0205 e. The third kappa shape index (κ3) is 4.63. The van der Waals surface area contributed by atoms with Gasteiger partial charge in [-0.15, -0.1) is 0 Å². The predicted octanol–water partition coefficient (Wildman–Crippen LogP) is 3.42. The summed E-state index contributed by atoms with van der Waals surface area (Å²) in [7, 11) is 0. The largest absolute Gasteiger partial charge is 0.328 e. The molecule has 0 amide bonds. The zero-order valence-corrected chi connectivity index (χ0v) is 12.4. The standard InChI is InChI=1S/C17H28N2/c1-13(2)16-7-3-14(4-8-16)11-19-12-15-5-9-17(18)10-6-15/h3-4,7-8,13,15,17,19H,5-6,9-12,18H2,1-2H3. The van der Waals surface area contributed by atoms with Crippen LogP contribution in [0.2, 0.25) is 0 Å². The molecule has 106 valence electrons. The summed E-state index contributed by atoms with van der Waals surface area (Å²) in [6.07, 6.45) is 4.99. The molecular formula is C17H28N2. The van der Waals surface area contributed by atoms with Gasteiger partial charge in [-0.05, 0) is 55.2 Å². The summed E-state index contributed by atoms with van der Waals surface area (Å²) in [5.41, 5.74) is 8.74. The zero-order valence-electron chi connectivity index (χ0n) is 12.4. The maximum Gasteiger partial charge on any atom is 0.0205 e. The van der Waals surface area contributed by atoms with Gasteiger partial charge in [0, 0.05) is 12.6 Å². The Bertz CT molecular complexity index is 361. The summed E-state index contributed by atoms with van der Waals surface area (Å²) in [5, 5.41) is 3.59.